The number of nitro groups is 1. The van der Waals surface area contributed by atoms with Gasteiger partial charge < -0.3 is 4.74 Å². The van der Waals surface area contributed by atoms with Gasteiger partial charge in [0.1, 0.15) is 5.60 Å². The number of carbonyl (C=O) groups excluding carboxylic acids is 1. The minimum absolute atomic E-state index is 0.0191. The summed E-state index contributed by atoms with van der Waals surface area (Å²) in [6, 6.07) is 4.50. The Morgan fingerprint density at radius 2 is 2.05 bits per heavy atom. The van der Waals surface area contributed by atoms with Crippen LogP contribution in [0.25, 0.3) is 6.08 Å². The van der Waals surface area contributed by atoms with Crippen LogP contribution >= 0.6 is 15.9 Å². The molecule has 5 nitrogen and oxygen atoms in total. The van der Waals surface area contributed by atoms with E-state index >= 15 is 0 Å². The van der Waals surface area contributed by atoms with Crippen LogP contribution in [0, 0.1) is 10.1 Å². The van der Waals surface area contributed by atoms with Crippen molar-refractivity contribution < 1.29 is 14.5 Å². The minimum Gasteiger partial charge on any atom is -0.457 e. The predicted octanol–water partition coefficient (Wildman–Crippen LogP) is 3.71. The van der Waals surface area contributed by atoms with Crippen LogP contribution in [0.2, 0.25) is 0 Å². The first-order chi connectivity index (χ1) is 8.69. The Labute approximate surface area is 119 Å². The zero-order valence-electron chi connectivity index (χ0n) is 10.8. The average molecular weight is 328 g/mol. The monoisotopic (exact) mass is 327 g/mol. The molecule has 0 bridgehead atoms. The number of ether oxygens (including phenoxy) is 1. The number of nitrogens with zero attached hydrogens (tertiary/aromatic N) is 1. The van der Waals surface area contributed by atoms with E-state index in [1.54, 1.807) is 39.0 Å². The predicted molar refractivity (Wildman–Crippen MR) is 75.7 cm³/mol. The summed E-state index contributed by atoms with van der Waals surface area (Å²) in [5.41, 5.74) is 0.107. The van der Waals surface area contributed by atoms with Crippen LogP contribution in [0.3, 0.4) is 0 Å². The second-order valence-corrected chi connectivity index (χ2v) is 5.69. The van der Waals surface area contributed by atoms with E-state index in [1.807, 2.05) is 0 Å². The maximum absolute atomic E-state index is 11.5. The largest absolute Gasteiger partial charge is 0.457 e. The summed E-state index contributed by atoms with van der Waals surface area (Å²) in [4.78, 5) is 21.6. The summed E-state index contributed by atoms with van der Waals surface area (Å²) in [5, 5.41) is 10.6. The van der Waals surface area contributed by atoms with Gasteiger partial charge in [0.05, 0.1) is 9.40 Å². The summed E-state index contributed by atoms with van der Waals surface area (Å²) in [6.45, 7) is 5.34. The molecule has 0 atom stereocenters. The molecule has 0 aliphatic rings. The molecule has 19 heavy (non-hydrogen) atoms. The molecular weight excluding hydrogens is 314 g/mol. The molecule has 0 unspecified atom stereocenters. The SMILES string of the molecule is CC(C)(C)OC(=O)/C=C/c1ccc([N+](=O)[O-])c(Br)c1. The van der Waals surface area contributed by atoms with Gasteiger partial charge in [0.15, 0.2) is 0 Å². The molecule has 0 aromatic heterocycles. The summed E-state index contributed by atoms with van der Waals surface area (Å²) in [6.07, 6.45) is 2.83. The molecular formula is C13H14BrNO4. The Bertz CT molecular complexity index is 532. The van der Waals surface area contributed by atoms with E-state index in [0.717, 1.165) is 0 Å². The molecule has 0 fully saturated rings. The molecule has 0 spiro atoms. The topological polar surface area (TPSA) is 69.4 Å². The summed E-state index contributed by atoms with van der Waals surface area (Å²) in [5.74, 6) is -0.457. The van der Waals surface area contributed by atoms with Gasteiger partial charge in [-0.1, -0.05) is 0 Å². The van der Waals surface area contributed by atoms with Crippen molar-refractivity contribution in [3.63, 3.8) is 0 Å². The van der Waals surface area contributed by atoms with Crippen LogP contribution in [0.5, 0.6) is 0 Å². The number of nitro benzene ring substituents is 1. The number of rotatable bonds is 3. The van der Waals surface area contributed by atoms with Crippen LogP contribution < -0.4 is 0 Å². The summed E-state index contributed by atoms with van der Waals surface area (Å²) >= 11 is 3.11. The highest BCUT2D eigenvalue weighted by Crippen LogP contribution is 2.26. The van der Waals surface area contributed by atoms with Crippen LogP contribution in [0.1, 0.15) is 26.3 Å². The van der Waals surface area contributed by atoms with Crippen molar-refractivity contribution in [2.45, 2.75) is 26.4 Å². The third-order valence-electron chi connectivity index (χ3n) is 1.99. The second-order valence-electron chi connectivity index (χ2n) is 4.83. The number of carbonyl (C=O) groups is 1. The highest BCUT2D eigenvalue weighted by molar-refractivity contribution is 9.10. The Balaban J connectivity index is 2.81. The van der Waals surface area contributed by atoms with E-state index in [9.17, 15) is 14.9 Å². The summed E-state index contributed by atoms with van der Waals surface area (Å²) in [7, 11) is 0. The normalized spacial score (nSPS) is 11.6. The molecule has 0 aliphatic heterocycles. The highest BCUT2D eigenvalue weighted by atomic mass is 79.9. The number of halogens is 1. The third kappa shape index (κ3) is 5.21. The first-order valence-electron chi connectivity index (χ1n) is 5.54. The minimum atomic E-state index is -0.544. The smallest absolute Gasteiger partial charge is 0.331 e. The van der Waals surface area contributed by atoms with Gasteiger partial charge in [-0.15, -0.1) is 0 Å². The number of hydrogen-bond acceptors (Lipinski definition) is 4. The second kappa shape index (κ2) is 5.97. The molecule has 102 valence electrons. The van der Waals surface area contributed by atoms with Gasteiger partial charge in [-0.3, -0.25) is 10.1 Å². The molecule has 0 saturated carbocycles. The van der Waals surface area contributed by atoms with Crippen molar-refractivity contribution in [3.05, 3.63) is 44.4 Å². The molecule has 0 aliphatic carbocycles. The Morgan fingerprint density at radius 3 is 2.53 bits per heavy atom. The highest BCUT2D eigenvalue weighted by Gasteiger charge is 2.14. The van der Waals surface area contributed by atoms with Crippen LogP contribution in [-0.2, 0) is 9.53 Å². The number of hydrogen-bond donors (Lipinski definition) is 0. The van der Waals surface area contributed by atoms with Crippen molar-refractivity contribution in [1.82, 2.24) is 0 Å². The van der Waals surface area contributed by atoms with Crippen molar-refractivity contribution in [2.24, 2.45) is 0 Å². The van der Waals surface area contributed by atoms with E-state index in [4.69, 9.17) is 4.74 Å². The van der Waals surface area contributed by atoms with E-state index in [-0.39, 0.29) is 5.69 Å². The van der Waals surface area contributed by atoms with Crippen molar-refractivity contribution in [2.75, 3.05) is 0 Å². The maximum Gasteiger partial charge on any atom is 0.331 e. The summed E-state index contributed by atoms with van der Waals surface area (Å²) < 4.78 is 5.47. The molecule has 0 saturated heterocycles. The molecule has 6 heteroatoms. The fraction of sp³-hybridized carbons (Fsp3) is 0.308. The lowest BCUT2D eigenvalue weighted by molar-refractivity contribution is -0.385. The lowest BCUT2D eigenvalue weighted by Gasteiger charge is -2.17. The third-order valence-corrected chi connectivity index (χ3v) is 2.62. The zero-order valence-corrected chi connectivity index (χ0v) is 12.4. The lowest BCUT2D eigenvalue weighted by atomic mass is 10.2. The van der Waals surface area contributed by atoms with Crippen LogP contribution in [0.15, 0.2) is 28.7 Å². The molecule has 1 aromatic carbocycles. The molecule has 0 radical (unpaired) electrons. The van der Waals surface area contributed by atoms with Gasteiger partial charge in [0, 0.05) is 12.1 Å². The molecule has 1 aromatic rings. The van der Waals surface area contributed by atoms with Crippen molar-refractivity contribution >= 4 is 33.7 Å². The molecule has 1 rings (SSSR count). The molecule has 0 amide bonds. The van der Waals surface area contributed by atoms with Gasteiger partial charge in [-0.05, 0) is 60.5 Å². The lowest BCUT2D eigenvalue weighted by Crippen LogP contribution is -2.22. The van der Waals surface area contributed by atoms with E-state index in [1.165, 1.54) is 12.1 Å². The fourth-order valence-corrected chi connectivity index (χ4v) is 1.82. The Morgan fingerprint density at radius 1 is 1.42 bits per heavy atom. The van der Waals surface area contributed by atoms with Crippen molar-refractivity contribution in [3.8, 4) is 0 Å². The van der Waals surface area contributed by atoms with Gasteiger partial charge in [0.2, 0.25) is 0 Å². The van der Waals surface area contributed by atoms with Crippen molar-refractivity contribution in [1.29, 1.82) is 0 Å². The quantitative estimate of drug-likeness (QED) is 0.367. The molecule has 0 heterocycles. The standard InChI is InChI=1S/C13H14BrNO4/c1-13(2,3)19-12(16)7-5-9-4-6-11(15(17)18)10(14)8-9/h4-8H,1-3H3/b7-5+. The van der Waals surface area contributed by atoms with Crippen LogP contribution in [-0.4, -0.2) is 16.5 Å². The van der Waals surface area contributed by atoms with E-state index in [2.05, 4.69) is 15.9 Å². The fourth-order valence-electron chi connectivity index (χ4n) is 1.27. The average Bonchev–Trinajstić information content (AvgIpc) is 2.23. The first-order valence-corrected chi connectivity index (χ1v) is 6.33. The Hall–Kier alpha value is -1.69. The number of esters is 1. The van der Waals surface area contributed by atoms with E-state index < -0.39 is 16.5 Å². The van der Waals surface area contributed by atoms with Gasteiger partial charge >= 0.3 is 5.97 Å². The molecule has 0 N–H and O–H groups in total. The van der Waals surface area contributed by atoms with E-state index in [0.29, 0.717) is 10.0 Å². The maximum atomic E-state index is 11.5. The Kier molecular flexibility index (Phi) is 4.83. The zero-order chi connectivity index (χ0) is 14.6. The van der Waals surface area contributed by atoms with Gasteiger partial charge in [-0.25, -0.2) is 4.79 Å². The van der Waals surface area contributed by atoms with Gasteiger partial charge in [0.25, 0.3) is 5.69 Å². The first kappa shape index (κ1) is 15.4. The van der Waals surface area contributed by atoms with Crippen LogP contribution in [0.4, 0.5) is 5.69 Å². The number of benzene rings is 1. The van der Waals surface area contributed by atoms with Gasteiger partial charge in [-0.2, -0.15) is 0 Å².